The highest BCUT2D eigenvalue weighted by atomic mass is 35.5. The summed E-state index contributed by atoms with van der Waals surface area (Å²) < 4.78 is 2.23. The Morgan fingerprint density at radius 2 is 2.24 bits per heavy atom. The lowest BCUT2D eigenvalue weighted by Gasteiger charge is -2.24. The first-order chi connectivity index (χ1) is 10.1. The van der Waals surface area contributed by atoms with E-state index < -0.39 is 0 Å². The van der Waals surface area contributed by atoms with E-state index in [4.69, 9.17) is 28.2 Å². The van der Waals surface area contributed by atoms with Gasteiger partial charge in [-0.3, -0.25) is 4.90 Å². The first-order valence-electron chi connectivity index (χ1n) is 7.64. The number of benzene rings is 1. The molecule has 0 bridgehead atoms. The van der Waals surface area contributed by atoms with E-state index in [1.165, 1.54) is 19.4 Å². The predicted octanol–water partition coefficient (Wildman–Crippen LogP) is 4.47. The van der Waals surface area contributed by atoms with E-state index in [0.29, 0.717) is 6.04 Å². The van der Waals surface area contributed by atoms with Crippen molar-refractivity contribution in [3.05, 3.63) is 29.0 Å². The van der Waals surface area contributed by atoms with Crippen LogP contribution in [0.4, 0.5) is 0 Å². The first kappa shape index (κ1) is 15.1. The maximum Gasteiger partial charge on any atom is 0.127 e. The van der Waals surface area contributed by atoms with Gasteiger partial charge in [0.15, 0.2) is 0 Å². The maximum atomic E-state index is 6.42. The molecule has 1 aromatic carbocycles. The van der Waals surface area contributed by atoms with Crippen molar-refractivity contribution in [2.45, 2.75) is 44.7 Å². The van der Waals surface area contributed by atoms with Crippen LogP contribution in [0.15, 0.2) is 18.2 Å². The number of halogens is 2. The normalized spacial score (nSPS) is 21.2. The minimum absolute atomic E-state index is 0.120. The molecule has 5 heteroatoms. The second-order valence-electron chi connectivity index (χ2n) is 5.73. The molecular weight excluding hydrogens is 305 g/mol. The zero-order valence-electron chi connectivity index (χ0n) is 12.5. The lowest BCUT2D eigenvalue weighted by Crippen LogP contribution is -2.33. The molecule has 1 saturated heterocycles. The van der Waals surface area contributed by atoms with Gasteiger partial charge in [0.2, 0.25) is 0 Å². The standard InChI is InChI=1S/C16H21Cl2N3/c1-3-20-9-5-6-12(20)10-21-15-13(18)7-4-8-14(15)19-16(21)11(2)17/h4,7-8,11-12H,3,5-6,9-10H2,1-2H3. The summed E-state index contributed by atoms with van der Waals surface area (Å²) >= 11 is 12.8. The number of alkyl halides is 1. The molecule has 2 atom stereocenters. The summed E-state index contributed by atoms with van der Waals surface area (Å²) in [7, 11) is 0. The number of aromatic nitrogens is 2. The van der Waals surface area contributed by atoms with Crippen LogP contribution >= 0.6 is 23.2 Å². The Kier molecular flexibility index (Phi) is 4.43. The Labute approximate surface area is 135 Å². The number of fused-ring (bicyclic) bond motifs is 1. The highest BCUT2D eigenvalue weighted by Gasteiger charge is 2.26. The average Bonchev–Trinajstić information content (AvgIpc) is 3.04. The van der Waals surface area contributed by atoms with E-state index in [0.717, 1.165) is 35.0 Å². The van der Waals surface area contributed by atoms with Crippen LogP contribution in [-0.4, -0.2) is 33.6 Å². The van der Waals surface area contributed by atoms with Crippen LogP contribution in [0.1, 0.15) is 37.9 Å². The molecule has 2 unspecified atom stereocenters. The van der Waals surface area contributed by atoms with Gasteiger partial charge in [-0.15, -0.1) is 11.6 Å². The third-order valence-electron chi connectivity index (χ3n) is 4.40. The Morgan fingerprint density at radius 3 is 2.95 bits per heavy atom. The van der Waals surface area contributed by atoms with Crippen LogP contribution in [0.25, 0.3) is 11.0 Å². The Hall–Kier alpha value is -0.770. The summed E-state index contributed by atoms with van der Waals surface area (Å²) in [4.78, 5) is 7.23. The summed E-state index contributed by atoms with van der Waals surface area (Å²) in [6.07, 6.45) is 2.50. The van der Waals surface area contributed by atoms with Gasteiger partial charge in [0, 0.05) is 12.6 Å². The number of likely N-dealkylation sites (N-methyl/N-ethyl adjacent to an activating group) is 1. The number of hydrogen-bond donors (Lipinski definition) is 0. The van der Waals surface area contributed by atoms with E-state index in [2.05, 4.69) is 16.4 Å². The molecule has 0 aliphatic carbocycles. The molecule has 1 fully saturated rings. The third kappa shape index (κ3) is 2.79. The van der Waals surface area contributed by atoms with Crippen molar-refractivity contribution in [2.24, 2.45) is 0 Å². The van der Waals surface area contributed by atoms with Crippen LogP contribution in [0.5, 0.6) is 0 Å². The molecule has 0 radical (unpaired) electrons. The number of para-hydroxylation sites is 1. The van der Waals surface area contributed by atoms with Crippen LogP contribution in [0.2, 0.25) is 5.02 Å². The third-order valence-corrected chi connectivity index (χ3v) is 4.90. The largest absolute Gasteiger partial charge is 0.324 e. The van der Waals surface area contributed by atoms with Crippen LogP contribution in [0, 0.1) is 0 Å². The molecule has 2 heterocycles. The van der Waals surface area contributed by atoms with Gasteiger partial charge in [0.1, 0.15) is 5.82 Å². The van der Waals surface area contributed by atoms with Gasteiger partial charge in [-0.05, 0) is 45.0 Å². The van der Waals surface area contributed by atoms with Crippen LogP contribution < -0.4 is 0 Å². The number of imidazole rings is 1. The fourth-order valence-corrected chi connectivity index (χ4v) is 3.82. The molecule has 0 spiro atoms. The quantitative estimate of drug-likeness (QED) is 0.773. The van der Waals surface area contributed by atoms with Crippen molar-refractivity contribution < 1.29 is 0 Å². The van der Waals surface area contributed by atoms with Crippen LogP contribution in [-0.2, 0) is 6.54 Å². The van der Waals surface area contributed by atoms with E-state index in [1.54, 1.807) is 0 Å². The van der Waals surface area contributed by atoms with Gasteiger partial charge < -0.3 is 4.57 Å². The molecule has 1 aliphatic heterocycles. The smallest absolute Gasteiger partial charge is 0.127 e. The second-order valence-corrected chi connectivity index (χ2v) is 6.79. The molecule has 0 saturated carbocycles. The van der Waals surface area contributed by atoms with Crippen molar-refractivity contribution >= 4 is 34.2 Å². The number of nitrogens with zero attached hydrogens (tertiary/aromatic N) is 3. The average molecular weight is 326 g/mol. The Balaban J connectivity index is 2.05. The summed E-state index contributed by atoms with van der Waals surface area (Å²) in [5.41, 5.74) is 1.95. The molecular formula is C16H21Cl2N3. The summed E-state index contributed by atoms with van der Waals surface area (Å²) in [6.45, 7) is 7.40. The summed E-state index contributed by atoms with van der Waals surface area (Å²) in [5, 5.41) is 0.634. The van der Waals surface area contributed by atoms with Crippen LogP contribution in [0.3, 0.4) is 0 Å². The highest BCUT2D eigenvalue weighted by Crippen LogP contribution is 2.31. The highest BCUT2D eigenvalue weighted by molar-refractivity contribution is 6.35. The van der Waals surface area contributed by atoms with E-state index in [1.807, 2.05) is 25.1 Å². The molecule has 1 aromatic heterocycles. The molecule has 1 aliphatic rings. The first-order valence-corrected chi connectivity index (χ1v) is 8.46. The van der Waals surface area contributed by atoms with Gasteiger partial charge in [-0.2, -0.15) is 0 Å². The number of rotatable bonds is 4. The number of likely N-dealkylation sites (tertiary alicyclic amines) is 1. The van der Waals surface area contributed by atoms with Gasteiger partial charge in [-0.1, -0.05) is 24.6 Å². The second kappa shape index (κ2) is 6.15. The van der Waals surface area contributed by atoms with Crippen molar-refractivity contribution in [3.63, 3.8) is 0 Å². The fourth-order valence-electron chi connectivity index (χ4n) is 3.38. The van der Waals surface area contributed by atoms with E-state index >= 15 is 0 Å². The topological polar surface area (TPSA) is 21.1 Å². The molecule has 114 valence electrons. The van der Waals surface area contributed by atoms with E-state index in [-0.39, 0.29) is 5.38 Å². The van der Waals surface area contributed by atoms with Gasteiger partial charge in [0.05, 0.1) is 21.4 Å². The number of hydrogen-bond acceptors (Lipinski definition) is 2. The van der Waals surface area contributed by atoms with Gasteiger partial charge >= 0.3 is 0 Å². The van der Waals surface area contributed by atoms with E-state index in [9.17, 15) is 0 Å². The monoisotopic (exact) mass is 325 g/mol. The van der Waals surface area contributed by atoms with Gasteiger partial charge in [-0.25, -0.2) is 4.98 Å². The minimum Gasteiger partial charge on any atom is -0.324 e. The minimum atomic E-state index is -0.120. The molecule has 0 N–H and O–H groups in total. The lowest BCUT2D eigenvalue weighted by atomic mass is 10.2. The molecule has 3 rings (SSSR count). The lowest BCUT2D eigenvalue weighted by molar-refractivity contribution is 0.244. The maximum absolute atomic E-state index is 6.42. The molecule has 0 amide bonds. The van der Waals surface area contributed by atoms with Crippen molar-refractivity contribution in [1.82, 2.24) is 14.5 Å². The Bertz CT molecular complexity index is 636. The van der Waals surface area contributed by atoms with Gasteiger partial charge in [0.25, 0.3) is 0 Å². The summed E-state index contributed by atoms with van der Waals surface area (Å²) in [5.74, 6) is 0.919. The molecule has 21 heavy (non-hydrogen) atoms. The Morgan fingerprint density at radius 1 is 1.43 bits per heavy atom. The molecule has 2 aromatic rings. The van der Waals surface area contributed by atoms with Crippen molar-refractivity contribution in [1.29, 1.82) is 0 Å². The van der Waals surface area contributed by atoms with Crippen molar-refractivity contribution in [2.75, 3.05) is 13.1 Å². The summed E-state index contributed by atoms with van der Waals surface area (Å²) in [6, 6.07) is 6.43. The zero-order chi connectivity index (χ0) is 15.0. The van der Waals surface area contributed by atoms with Crippen molar-refractivity contribution in [3.8, 4) is 0 Å². The fraction of sp³-hybridized carbons (Fsp3) is 0.562. The SMILES string of the molecule is CCN1CCCC1Cn1c(C(C)Cl)nc2cccc(Cl)c21. The predicted molar refractivity (Wildman–Crippen MR) is 89.3 cm³/mol. The molecule has 3 nitrogen and oxygen atoms in total. The zero-order valence-corrected chi connectivity index (χ0v) is 14.0.